The van der Waals surface area contributed by atoms with Gasteiger partial charge >= 0.3 is 5.97 Å². The molecule has 0 aliphatic rings. The van der Waals surface area contributed by atoms with Gasteiger partial charge in [0.25, 0.3) is 5.78 Å². The van der Waals surface area contributed by atoms with E-state index in [1.165, 1.54) is 6.21 Å². The van der Waals surface area contributed by atoms with E-state index in [1.807, 2.05) is 6.07 Å². The molecule has 0 bridgehead atoms. The number of ketones is 1. The number of pyridine rings is 2. The van der Waals surface area contributed by atoms with Gasteiger partial charge in [-0.1, -0.05) is 23.4 Å². The van der Waals surface area contributed by atoms with Gasteiger partial charge in [-0.25, -0.2) is 4.79 Å². The average molecular weight is 377 g/mol. The number of esters is 1. The lowest BCUT2D eigenvalue weighted by atomic mass is 10.2. The van der Waals surface area contributed by atoms with Crippen molar-refractivity contribution >= 4 is 18.0 Å². The van der Waals surface area contributed by atoms with Crippen LogP contribution in [0.4, 0.5) is 0 Å². The van der Waals surface area contributed by atoms with Gasteiger partial charge < -0.3 is 9.94 Å². The van der Waals surface area contributed by atoms with E-state index in [4.69, 9.17) is 9.94 Å². The van der Waals surface area contributed by atoms with Crippen LogP contribution in [0.3, 0.4) is 0 Å². The summed E-state index contributed by atoms with van der Waals surface area (Å²) in [7, 11) is 0. The molecule has 0 saturated carbocycles. The standard InChI is InChI=1S/C21H18N3O4/c25-19(15-23-10-4-6-17(13-23)12-22-27)16-24-11-5-7-18(14-24)21(26)28-20-8-2-1-3-9-20/h1-14H,15-16H2/q+1/p+1/b22-12-. The Hall–Kier alpha value is -3.87. The number of para-hydroxylation sites is 1. The first kappa shape index (κ1) is 18.9. The minimum atomic E-state index is -0.488. The van der Waals surface area contributed by atoms with E-state index >= 15 is 0 Å². The minimum absolute atomic E-state index is 0.0540. The topological polar surface area (TPSA) is 83.7 Å². The van der Waals surface area contributed by atoms with Gasteiger partial charge in [-0.05, 0) is 24.3 Å². The lowest BCUT2D eigenvalue weighted by Crippen LogP contribution is -2.45. The Kier molecular flexibility index (Phi) is 6.20. The van der Waals surface area contributed by atoms with Crippen LogP contribution in [0.1, 0.15) is 15.9 Å². The summed E-state index contributed by atoms with van der Waals surface area (Å²) in [5, 5.41) is 11.6. The molecule has 0 saturated heterocycles. The summed E-state index contributed by atoms with van der Waals surface area (Å²) < 4.78 is 8.66. The Morgan fingerprint density at radius 1 is 0.929 bits per heavy atom. The van der Waals surface area contributed by atoms with Crippen LogP contribution in [0.2, 0.25) is 0 Å². The first-order valence-corrected chi connectivity index (χ1v) is 8.58. The van der Waals surface area contributed by atoms with Crippen molar-refractivity contribution in [2.75, 3.05) is 0 Å². The van der Waals surface area contributed by atoms with E-state index in [0.29, 0.717) is 16.9 Å². The Bertz CT molecular complexity index is 1000. The quantitative estimate of drug-likeness (QED) is 0.169. The molecule has 140 valence electrons. The van der Waals surface area contributed by atoms with Crippen molar-refractivity contribution in [3.63, 3.8) is 0 Å². The van der Waals surface area contributed by atoms with Crippen LogP contribution in [0.15, 0.2) is 84.5 Å². The number of benzene rings is 1. The highest BCUT2D eigenvalue weighted by Gasteiger charge is 2.18. The Morgan fingerprint density at radius 3 is 2.32 bits per heavy atom. The third kappa shape index (κ3) is 5.31. The van der Waals surface area contributed by atoms with Crippen LogP contribution in [-0.2, 0) is 17.9 Å². The monoisotopic (exact) mass is 377 g/mol. The molecule has 0 amide bonds. The number of hydrogen-bond donors (Lipinski definition) is 1. The summed E-state index contributed by atoms with van der Waals surface area (Å²) in [6.45, 7) is 0.260. The molecule has 0 radical (unpaired) electrons. The highest BCUT2D eigenvalue weighted by atomic mass is 16.5. The van der Waals surface area contributed by atoms with E-state index < -0.39 is 5.97 Å². The van der Waals surface area contributed by atoms with Crippen LogP contribution < -0.4 is 13.9 Å². The summed E-state index contributed by atoms with van der Waals surface area (Å²) >= 11 is 0. The van der Waals surface area contributed by atoms with Crippen LogP contribution in [0.25, 0.3) is 0 Å². The molecule has 28 heavy (non-hydrogen) atoms. The summed E-state index contributed by atoms with van der Waals surface area (Å²) in [6.07, 6.45) is 8.05. The fourth-order valence-corrected chi connectivity index (χ4v) is 2.64. The fraction of sp³-hybridized carbons (Fsp3) is 0.0952. The highest BCUT2D eigenvalue weighted by molar-refractivity contribution is 5.90. The van der Waals surface area contributed by atoms with E-state index in [9.17, 15) is 9.59 Å². The summed E-state index contributed by atoms with van der Waals surface area (Å²) in [5.74, 6) is -0.0818. The van der Waals surface area contributed by atoms with Crippen LogP contribution >= 0.6 is 0 Å². The molecule has 0 unspecified atom stereocenters. The van der Waals surface area contributed by atoms with Crippen molar-refractivity contribution in [1.29, 1.82) is 0 Å². The molecular formula is C21H19N3O4+2. The Labute approximate surface area is 161 Å². The van der Waals surface area contributed by atoms with Gasteiger partial charge in [0.15, 0.2) is 24.8 Å². The lowest BCUT2D eigenvalue weighted by molar-refractivity contribution is -0.702. The largest absolute Gasteiger partial charge is 0.423 e. The van der Waals surface area contributed by atoms with Crippen molar-refractivity contribution in [2.45, 2.75) is 13.1 Å². The molecule has 3 aromatic rings. The van der Waals surface area contributed by atoms with Gasteiger partial charge in [-0.2, -0.15) is 9.13 Å². The third-order valence-corrected chi connectivity index (χ3v) is 3.85. The van der Waals surface area contributed by atoms with Crippen molar-refractivity contribution in [3.05, 3.63) is 90.5 Å². The van der Waals surface area contributed by atoms with E-state index in [0.717, 1.165) is 0 Å². The molecule has 0 spiro atoms. The van der Waals surface area contributed by atoms with Crippen LogP contribution in [-0.4, -0.2) is 23.2 Å². The van der Waals surface area contributed by atoms with E-state index in [2.05, 4.69) is 5.16 Å². The van der Waals surface area contributed by atoms with Gasteiger partial charge in [0.2, 0.25) is 13.1 Å². The van der Waals surface area contributed by atoms with E-state index in [-0.39, 0.29) is 18.9 Å². The molecule has 7 heteroatoms. The van der Waals surface area contributed by atoms with Crippen LogP contribution in [0.5, 0.6) is 5.75 Å². The number of ether oxygens (including phenoxy) is 1. The molecule has 1 aromatic carbocycles. The molecule has 0 fully saturated rings. The zero-order valence-electron chi connectivity index (χ0n) is 15.0. The molecule has 1 N–H and O–H groups in total. The second kappa shape index (κ2) is 9.18. The normalized spacial score (nSPS) is 10.7. The first-order chi connectivity index (χ1) is 13.6. The summed E-state index contributed by atoms with van der Waals surface area (Å²) in [5.41, 5.74) is 1.03. The maximum absolute atomic E-state index is 12.4. The Morgan fingerprint density at radius 2 is 1.61 bits per heavy atom. The number of carbonyl (C=O) groups excluding carboxylic acids is 2. The number of aromatic nitrogens is 2. The molecule has 0 aliphatic carbocycles. The highest BCUT2D eigenvalue weighted by Crippen LogP contribution is 2.10. The average Bonchev–Trinajstić information content (AvgIpc) is 2.69. The first-order valence-electron chi connectivity index (χ1n) is 8.58. The lowest BCUT2D eigenvalue weighted by Gasteiger charge is -2.03. The molecule has 3 rings (SSSR count). The van der Waals surface area contributed by atoms with Crippen molar-refractivity contribution < 1.29 is 28.7 Å². The van der Waals surface area contributed by atoms with E-state index in [1.54, 1.807) is 82.5 Å². The predicted octanol–water partition coefficient (Wildman–Crippen LogP) is 1.56. The molecule has 0 atom stereocenters. The van der Waals surface area contributed by atoms with Gasteiger partial charge in [0, 0.05) is 12.1 Å². The number of carbonyl (C=O) groups is 2. The SMILES string of the molecule is O=C(C[n+]1cccc(/C=N\O)c1)C[n+]1cccc(C(=O)Oc2ccccc2)c1. The van der Waals surface area contributed by atoms with Gasteiger partial charge in [-0.15, -0.1) is 0 Å². The van der Waals surface area contributed by atoms with Gasteiger partial charge in [0.05, 0.1) is 11.8 Å². The molecule has 2 aromatic heterocycles. The second-order valence-corrected chi connectivity index (χ2v) is 6.06. The molecule has 2 heterocycles. The summed E-state index contributed by atoms with van der Waals surface area (Å²) in [4.78, 5) is 24.7. The maximum Gasteiger partial charge on any atom is 0.349 e. The number of hydrogen-bond acceptors (Lipinski definition) is 5. The van der Waals surface area contributed by atoms with Crippen molar-refractivity contribution in [2.24, 2.45) is 5.16 Å². The van der Waals surface area contributed by atoms with Crippen molar-refractivity contribution in [3.8, 4) is 5.75 Å². The molecular weight excluding hydrogens is 358 g/mol. The smallest absolute Gasteiger partial charge is 0.349 e. The fourth-order valence-electron chi connectivity index (χ4n) is 2.64. The number of Topliss-reactive ketones (excluding diaryl/α,β-unsaturated/α-hetero) is 1. The molecule has 7 nitrogen and oxygen atoms in total. The maximum atomic E-state index is 12.4. The number of oxime groups is 1. The zero-order chi connectivity index (χ0) is 19.8. The van der Waals surface area contributed by atoms with Gasteiger partial charge in [-0.3, -0.25) is 4.79 Å². The third-order valence-electron chi connectivity index (χ3n) is 3.85. The van der Waals surface area contributed by atoms with Gasteiger partial charge in [0.1, 0.15) is 11.3 Å². The zero-order valence-corrected chi connectivity index (χ0v) is 15.0. The second-order valence-electron chi connectivity index (χ2n) is 6.06. The Balaban J connectivity index is 1.64. The number of nitrogens with zero attached hydrogens (tertiary/aromatic N) is 3. The minimum Gasteiger partial charge on any atom is -0.423 e. The van der Waals surface area contributed by atoms with Crippen LogP contribution in [0, 0.1) is 0 Å². The summed E-state index contributed by atoms with van der Waals surface area (Å²) in [6, 6.07) is 15.7. The molecule has 0 aliphatic heterocycles. The number of rotatable bonds is 7. The predicted molar refractivity (Wildman–Crippen MR) is 99.1 cm³/mol. The van der Waals surface area contributed by atoms with Crippen molar-refractivity contribution in [1.82, 2.24) is 0 Å².